The molecular formula is C42H50N4O9S. The average Bonchev–Trinajstić information content (AvgIpc) is 3.17. The number of hydrogen-bond donors (Lipinski definition) is 3. The minimum absolute atomic E-state index is 0.254. The lowest BCUT2D eigenvalue weighted by Gasteiger charge is -2.23. The third kappa shape index (κ3) is 11.6. The lowest BCUT2D eigenvalue weighted by Crippen LogP contribution is -2.21. The van der Waals surface area contributed by atoms with Gasteiger partial charge >= 0.3 is 6.03 Å². The first-order chi connectivity index (χ1) is 27.0. The summed E-state index contributed by atoms with van der Waals surface area (Å²) < 4.78 is 52.0. The first-order valence-electron chi connectivity index (χ1n) is 18.0. The monoisotopic (exact) mass is 786 g/mol. The molecule has 5 rings (SSSR count). The second-order valence-electron chi connectivity index (χ2n) is 13.6. The van der Waals surface area contributed by atoms with E-state index >= 15 is 0 Å². The van der Waals surface area contributed by atoms with Gasteiger partial charge in [-0.2, -0.15) is 0 Å². The summed E-state index contributed by atoms with van der Waals surface area (Å²) in [5.74, 6) is 3.24. The van der Waals surface area contributed by atoms with Crippen LogP contribution in [0.3, 0.4) is 0 Å². The molecule has 0 aliphatic heterocycles. The molecule has 1 unspecified atom stereocenters. The highest BCUT2D eigenvalue weighted by Crippen LogP contribution is 2.38. The van der Waals surface area contributed by atoms with E-state index in [2.05, 4.69) is 41.7 Å². The van der Waals surface area contributed by atoms with Crippen molar-refractivity contribution in [3.8, 4) is 28.7 Å². The van der Waals surface area contributed by atoms with Gasteiger partial charge in [-0.15, -0.1) is 0 Å². The maximum absolute atomic E-state index is 13.5. The molecule has 1 atom stereocenters. The Bertz CT molecular complexity index is 2120. The van der Waals surface area contributed by atoms with E-state index in [1.165, 1.54) is 7.11 Å². The number of pyridine rings is 1. The molecule has 4 aromatic carbocycles. The average molecular weight is 787 g/mol. The number of amides is 2. The van der Waals surface area contributed by atoms with E-state index in [-0.39, 0.29) is 5.41 Å². The van der Waals surface area contributed by atoms with Gasteiger partial charge in [0.25, 0.3) is 0 Å². The van der Waals surface area contributed by atoms with Crippen molar-refractivity contribution < 1.29 is 42.2 Å². The minimum atomic E-state index is -1.34. The predicted molar refractivity (Wildman–Crippen MR) is 220 cm³/mol. The van der Waals surface area contributed by atoms with Crippen LogP contribution in [0.15, 0.2) is 90.0 Å². The number of nitrogens with one attached hydrogen (secondary N) is 3. The number of fused-ring (bicyclic) bond motifs is 1. The van der Waals surface area contributed by atoms with Gasteiger partial charge in [-0.25, -0.2) is 9.78 Å². The topological polar surface area (TPSA) is 148 Å². The van der Waals surface area contributed by atoms with Crippen molar-refractivity contribution >= 4 is 50.5 Å². The van der Waals surface area contributed by atoms with Crippen molar-refractivity contribution in [3.05, 3.63) is 90.6 Å². The molecule has 14 heteroatoms. The fourth-order valence-corrected chi connectivity index (χ4v) is 6.39. The zero-order valence-electron chi connectivity index (χ0n) is 32.9. The van der Waals surface area contributed by atoms with Crippen molar-refractivity contribution in [1.82, 2.24) is 4.98 Å². The summed E-state index contributed by atoms with van der Waals surface area (Å²) in [6.45, 7) is 8.94. The Morgan fingerprint density at radius 1 is 0.732 bits per heavy atom. The molecule has 0 spiro atoms. The number of aromatic nitrogens is 1. The van der Waals surface area contributed by atoms with Crippen molar-refractivity contribution in [2.24, 2.45) is 0 Å². The standard InChI is InChI=1S/C42H50N4O9S/c1-42(2,3)28-22-36(40(51-6)38(23-28)56(7)48)46-41(47)45-35-12-13-37(34-11-9-8-10-33(34)35)55-30-14-15-43-39(27-30)44-29-24-31(50-5)26-32(25-29)54-21-20-53-19-18-52-17-16-49-4/h8-15,22-27H,16-21H2,1-7H3,(H,43,44)(H2,45,46,47). The number of nitrogens with zero attached hydrogens (tertiary/aromatic N) is 1. The molecule has 0 bridgehead atoms. The summed E-state index contributed by atoms with van der Waals surface area (Å²) in [7, 11) is 3.38. The number of methoxy groups -OCH3 is 3. The molecule has 5 aromatic rings. The Hall–Kier alpha value is -5.41. The molecule has 0 aliphatic rings. The maximum Gasteiger partial charge on any atom is 0.323 e. The van der Waals surface area contributed by atoms with Gasteiger partial charge in [-0.3, -0.25) is 4.21 Å². The van der Waals surface area contributed by atoms with Gasteiger partial charge in [-0.05, 0) is 41.3 Å². The molecule has 56 heavy (non-hydrogen) atoms. The number of carbonyl (C=O) groups is 1. The predicted octanol–water partition coefficient (Wildman–Crippen LogP) is 8.53. The van der Waals surface area contributed by atoms with Crippen LogP contribution in [0.4, 0.5) is 27.7 Å². The first-order valence-corrected chi connectivity index (χ1v) is 19.6. The summed E-state index contributed by atoms with van der Waals surface area (Å²) in [6, 6.07) is 23.5. The zero-order valence-corrected chi connectivity index (χ0v) is 33.7. The molecule has 2 amide bonds. The van der Waals surface area contributed by atoms with E-state index < -0.39 is 16.8 Å². The van der Waals surface area contributed by atoms with Crippen LogP contribution in [0.2, 0.25) is 0 Å². The molecular weight excluding hydrogens is 737 g/mol. The molecule has 0 saturated heterocycles. The number of benzene rings is 4. The van der Waals surface area contributed by atoms with E-state index in [0.717, 1.165) is 16.3 Å². The van der Waals surface area contributed by atoms with Gasteiger partial charge in [0.05, 0.1) is 74.3 Å². The van der Waals surface area contributed by atoms with Crippen molar-refractivity contribution in [2.45, 2.75) is 31.1 Å². The summed E-state index contributed by atoms with van der Waals surface area (Å²) in [4.78, 5) is 18.4. The Kier molecular flexibility index (Phi) is 14.9. The Balaban J connectivity index is 1.27. The van der Waals surface area contributed by atoms with Crippen LogP contribution in [-0.4, -0.2) is 82.5 Å². The normalized spacial score (nSPS) is 11.8. The highest BCUT2D eigenvalue weighted by atomic mass is 32.2. The second kappa shape index (κ2) is 20.0. The molecule has 13 nitrogen and oxygen atoms in total. The van der Waals surface area contributed by atoms with Gasteiger partial charge in [0.1, 0.15) is 35.4 Å². The largest absolute Gasteiger partial charge is 0.497 e. The first kappa shape index (κ1) is 41.7. The number of ether oxygens (including phenoxy) is 7. The van der Waals surface area contributed by atoms with Gasteiger partial charge in [-0.1, -0.05) is 45.0 Å². The third-order valence-electron chi connectivity index (χ3n) is 8.46. The van der Waals surface area contributed by atoms with Crippen LogP contribution in [0.1, 0.15) is 26.3 Å². The molecule has 1 aromatic heterocycles. The molecule has 0 aliphatic carbocycles. The molecule has 0 fully saturated rings. The van der Waals surface area contributed by atoms with Crippen LogP contribution < -0.4 is 34.9 Å². The highest BCUT2D eigenvalue weighted by molar-refractivity contribution is 7.84. The van der Waals surface area contributed by atoms with Crippen LogP contribution in [-0.2, 0) is 30.4 Å². The number of urea groups is 1. The van der Waals surface area contributed by atoms with Crippen LogP contribution in [0, 0.1) is 0 Å². The summed E-state index contributed by atoms with van der Waals surface area (Å²) in [6.07, 6.45) is 3.24. The lowest BCUT2D eigenvalue weighted by atomic mass is 9.86. The van der Waals surface area contributed by atoms with E-state index in [1.54, 1.807) is 57.0 Å². The van der Waals surface area contributed by atoms with Crippen molar-refractivity contribution in [3.63, 3.8) is 0 Å². The number of anilines is 4. The van der Waals surface area contributed by atoms with Crippen LogP contribution >= 0.6 is 0 Å². The summed E-state index contributed by atoms with van der Waals surface area (Å²) in [5, 5.41) is 10.7. The Morgan fingerprint density at radius 3 is 2.12 bits per heavy atom. The quantitative estimate of drug-likeness (QED) is 0.0692. The van der Waals surface area contributed by atoms with Crippen molar-refractivity contribution in [2.75, 3.05) is 83.2 Å². The summed E-state index contributed by atoms with van der Waals surface area (Å²) >= 11 is 0. The molecule has 0 radical (unpaired) electrons. The maximum atomic E-state index is 13.5. The molecule has 0 saturated carbocycles. The Labute approximate surface area is 330 Å². The third-order valence-corrected chi connectivity index (χ3v) is 9.39. The Morgan fingerprint density at radius 2 is 1.43 bits per heavy atom. The van der Waals surface area contributed by atoms with Crippen molar-refractivity contribution in [1.29, 1.82) is 0 Å². The van der Waals surface area contributed by atoms with Gasteiger partial charge in [0.2, 0.25) is 0 Å². The SMILES string of the molecule is COCCOCCOCCOc1cc(Nc2cc(Oc3ccc(NC(=O)Nc4cc(C(C)(C)C)cc(S(C)=O)c4OC)c4ccccc34)ccn2)cc(OC)c1. The summed E-state index contributed by atoms with van der Waals surface area (Å²) in [5.41, 5.74) is 2.36. The molecule has 3 N–H and O–H groups in total. The second-order valence-corrected chi connectivity index (χ2v) is 14.9. The molecule has 1 heterocycles. The lowest BCUT2D eigenvalue weighted by molar-refractivity contribution is 0.0179. The number of carbonyl (C=O) groups excluding carboxylic acids is 1. The fraction of sp³-hybridized carbons (Fsp3) is 0.333. The number of hydrogen-bond acceptors (Lipinski definition) is 11. The van der Waals surface area contributed by atoms with Crippen LogP contribution in [0.25, 0.3) is 10.8 Å². The zero-order chi connectivity index (χ0) is 40.1. The van der Waals surface area contributed by atoms with E-state index in [0.29, 0.717) is 96.2 Å². The van der Waals surface area contributed by atoms with Crippen LogP contribution in [0.5, 0.6) is 28.7 Å². The van der Waals surface area contributed by atoms with Gasteiger partial charge < -0.3 is 49.1 Å². The van der Waals surface area contributed by atoms with Gasteiger partial charge in [0.15, 0.2) is 5.75 Å². The minimum Gasteiger partial charge on any atom is -0.497 e. The van der Waals surface area contributed by atoms with E-state index in [4.69, 9.17) is 33.2 Å². The van der Waals surface area contributed by atoms with E-state index in [9.17, 15) is 9.00 Å². The van der Waals surface area contributed by atoms with E-state index in [1.807, 2.05) is 48.5 Å². The highest BCUT2D eigenvalue weighted by Gasteiger charge is 2.22. The number of rotatable bonds is 19. The molecule has 298 valence electrons. The smallest absolute Gasteiger partial charge is 0.323 e. The van der Waals surface area contributed by atoms with Gasteiger partial charge in [0, 0.05) is 60.3 Å². The fourth-order valence-electron chi connectivity index (χ4n) is 5.64.